The van der Waals surface area contributed by atoms with Crippen LogP contribution < -0.4 is 15.3 Å². The summed E-state index contributed by atoms with van der Waals surface area (Å²) in [6, 6.07) is 0. The monoisotopic (exact) mass is 480 g/mol. The molecule has 146 valence electrons. The Labute approximate surface area is 165 Å². The van der Waals surface area contributed by atoms with E-state index in [1.807, 2.05) is 0 Å². The summed E-state index contributed by atoms with van der Waals surface area (Å²) < 4.78 is 1.43. The SMILES string of the molecule is CCC[CH2][Sn+3].O=C([O-])C1(O)CC1.O=C([O-])C1(O)CC1.O=C([O-])C1(O)CC1. The molecule has 3 aliphatic carbocycles. The minimum Gasteiger partial charge on any atom is -0.547 e. The van der Waals surface area contributed by atoms with E-state index in [4.69, 9.17) is 15.3 Å². The molecule has 0 aliphatic heterocycles. The van der Waals surface area contributed by atoms with Gasteiger partial charge in [0.05, 0.1) is 17.9 Å². The number of carbonyl (C=O) groups is 3. The van der Waals surface area contributed by atoms with Crippen LogP contribution in [0.4, 0.5) is 0 Å². The molecule has 0 aromatic rings. The Morgan fingerprint density at radius 1 is 0.769 bits per heavy atom. The molecule has 0 amide bonds. The van der Waals surface area contributed by atoms with Crippen molar-refractivity contribution in [2.75, 3.05) is 0 Å². The van der Waals surface area contributed by atoms with Crippen LogP contribution in [0.2, 0.25) is 4.44 Å². The molecule has 0 saturated heterocycles. The van der Waals surface area contributed by atoms with Gasteiger partial charge in [0.25, 0.3) is 0 Å². The smallest absolute Gasteiger partial charge is 0.104 e. The number of carboxylic acid groups (broad SMARTS) is 3. The zero-order valence-electron chi connectivity index (χ0n) is 14.7. The maximum absolute atomic E-state index is 9.72. The van der Waals surface area contributed by atoms with Gasteiger partial charge in [-0.05, 0) is 38.5 Å². The van der Waals surface area contributed by atoms with Crippen molar-refractivity contribution in [3.8, 4) is 0 Å². The van der Waals surface area contributed by atoms with Crippen molar-refractivity contribution < 1.29 is 45.0 Å². The van der Waals surface area contributed by atoms with Gasteiger partial charge >= 0.3 is 46.7 Å². The number of unbranched alkanes of at least 4 members (excludes halogenated alkanes) is 1. The maximum Gasteiger partial charge on any atom is 0.104 e. The van der Waals surface area contributed by atoms with E-state index in [2.05, 4.69) is 6.92 Å². The number of aliphatic hydroxyl groups is 3. The molecule has 0 aromatic carbocycles. The van der Waals surface area contributed by atoms with Gasteiger partial charge in [-0.3, -0.25) is 0 Å². The first kappa shape index (κ1) is 25.1. The number of carbonyl (C=O) groups excluding carboxylic acids is 3. The molecule has 3 fully saturated rings. The van der Waals surface area contributed by atoms with Gasteiger partial charge in [0.15, 0.2) is 0 Å². The molecule has 0 aromatic heterocycles. The minimum absolute atomic E-state index is 0.356. The Kier molecular flexibility index (Phi) is 10.1. The summed E-state index contributed by atoms with van der Waals surface area (Å²) in [6.45, 7) is 2.23. The third-order valence-corrected chi connectivity index (χ3v) is 4.85. The van der Waals surface area contributed by atoms with Crippen LogP contribution in [0.1, 0.15) is 58.3 Å². The predicted molar refractivity (Wildman–Crippen MR) is 83.0 cm³/mol. The molecule has 0 unspecified atom stereocenters. The molecule has 3 saturated carbocycles. The summed E-state index contributed by atoms with van der Waals surface area (Å²) in [6.07, 6.45) is 4.93. The van der Waals surface area contributed by atoms with Crippen LogP contribution in [-0.4, -0.2) is 72.6 Å². The van der Waals surface area contributed by atoms with E-state index in [-0.39, 0.29) is 0 Å². The Morgan fingerprint density at radius 2 is 1.00 bits per heavy atom. The van der Waals surface area contributed by atoms with Crippen molar-refractivity contribution >= 4 is 40.4 Å². The van der Waals surface area contributed by atoms with Gasteiger partial charge in [-0.15, -0.1) is 0 Å². The van der Waals surface area contributed by atoms with Crippen LogP contribution in [-0.2, 0) is 14.4 Å². The number of hydrogen-bond acceptors (Lipinski definition) is 9. The van der Waals surface area contributed by atoms with Crippen molar-refractivity contribution in [2.45, 2.75) is 79.5 Å². The van der Waals surface area contributed by atoms with Gasteiger partial charge in [-0.2, -0.15) is 0 Å². The first-order chi connectivity index (χ1) is 11.9. The van der Waals surface area contributed by atoms with Gasteiger partial charge in [-0.25, -0.2) is 0 Å². The van der Waals surface area contributed by atoms with Crippen molar-refractivity contribution in [1.29, 1.82) is 0 Å². The third-order valence-electron chi connectivity index (χ3n) is 3.84. The number of hydrogen-bond donors (Lipinski definition) is 3. The summed E-state index contributed by atoms with van der Waals surface area (Å²) in [5.74, 6) is -4.02. The second-order valence-electron chi connectivity index (χ2n) is 6.56. The molecule has 9 nitrogen and oxygen atoms in total. The van der Waals surface area contributed by atoms with Crippen molar-refractivity contribution in [3.63, 3.8) is 0 Å². The van der Waals surface area contributed by atoms with E-state index in [1.54, 1.807) is 22.5 Å². The summed E-state index contributed by atoms with van der Waals surface area (Å²) in [5, 5.41) is 54.8. The average Bonchev–Trinajstić information content (AvgIpc) is 3.42. The van der Waals surface area contributed by atoms with Crippen molar-refractivity contribution in [2.24, 2.45) is 0 Å². The van der Waals surface area contributed by atoms with E-state index >= 15 is 0 Å². The van der Waals surface area contributed by atoms with E-state index in [1.165, 1.54) is 17.3 Å². The standard InChI is InChI=1S/3C4H6O3.C4H9.Sn/c3*5-3(6)4(7)1-2-4;1-3-4-2;/h3*7H,1-2H2,(H,5,6);1,3-4H2,2H3;/q;;;;+3/p-3. The zero-order valence-corrected chi connectivity index (χ0v) is 17.5. The molecule has 0 heterocycles. The predicted octanol–water partition coefficient (Wildman–Crippen LogP) is -3.84. The van der Waals surface area contributed by atoms with Crippen LogP contribution >= 0.6 is 0 Å². The average molecular weight is 479 g/mol. The normalized spacial score (nSPS) is 21.2. The first-order valence-electron chi connectivity index (χ1n) is 8.33. The second kappa shape index (κ2) is 10.4. The Morgan fingerprint density at radius 3 is 1.00 bits per heavy atom. The van der Waals surface area contributed by atoms with Gasteiger partial charge < -0.3 is 45.0 Å². The van der Waals surface area contributed by atoms with Crippen LogP contribution in [0.15, 0.2) is 0 Å². The molecule has 26 heavy (non-hydrogen) atoms. The fourth-order valence-corrected chi connectivity index (χ4v) is 2.15. The topological polar surface area (TPSA) is 181 Å². The van der Waals surface area contributed by atoms with E-state index < -0.39 is 34.7 Å². The largest absolute Gasteiger partial charge is 0.547 e. The van der Waals surface area contributed by atoms with Gasteiger partial charge in [-0.1, -0.05) is 0 Å². The van der Waals surface area contributed by atoms with Crippen LogP contribution in [0.25, 0.3) is 0 Å². The minimum atomic E-state index is -1.44. The fourth-order valence-electron chi connectivity index (χ4n) is 1.14. The Hall–Kier alpha value is -0.911. The molecule has 0 atom stereocenters. The number of carboxylic acids is 3. The molecule has 0 spiro atoms. The second-order valence-corrected chi connectivity index (χ2v) is 7.99. The van der Waals surface area contributed by atoms with Crippen molar-refractivity contribution in [3.05, 3.63) is 0 Å². The molecular weight excluding hydrogens is 455 g/mol. The van der Waals surface area contributed by atoms with Gasteiger partial charge in [0, 0.05) is 0 Å². The number of rotatable bonds is 5. The Balaban J connectivity index is 0.000000324. The molecule has 3 aliphatic rings. The van der Waals surface area contributed by atoms with Crippen LogP contribution in [0.3, 0.4) is 0 Å². The zero-order chi connectivity index (χ0) is 20.6. The molecule has 0 radical (unpaired) electrons. The third kappa shape index (κ3) is 9.69. The molecular formula is C16H24O9Sn. The summed E-state index contributed by atoms with van der Waals surface area (Å²) in [7, 11) is 0. The molecule has 3 N–H and O–H groups in total. The van der Waals surface area contributed by atoms with Crippen LogP contribution in [0.5, 0.6) is 0 Å². The first-order valence-corrected chi connectivity index (χ1v) is 10.3. The van der Waals surface area contributed by atoms with E-state index in [0.29, 0.717) is 38.5 Å². The van der Waals surface area contributed by atoms with Gasteiger partial charge in [0.2, 0.25) is 0 Å². The summed E-state index contributed by atoms with van der Waals surface area (Å²) in [5.41, 5.74) is -4.33. The van der Waals surface area contributed by atoms with Crippen LogP contribution in [0, 0.1) is 0 Å². The Bertz CT molecular complexity index is 425. The summed E-state index contributed by atoms with van der Waals surface area (Å²) >= 11 is 1.68. The van der Waals surface area contributed by atoms with Gasteiger partial charge in [0.1, 0.15) is 16.8 Å². The van der Waals surface area contributed by atoms with E-state index in [0.717, 1.165) is 0 Å². The quantitative estimate of drug-likeness (QED) is 0.333. The van der Waals surface area contributed by atoms with Crippen molar-refractivity contribution in [1.82, 2.24) is 0 Å². The molecule has 0 bridgehead atoms. The summed E-state index contributed by atoms with van der Waals surface area (Å²) in [4.78, 5) is 29.2. The fraction of sp³-hybridized carbons (Fsp3) is 0.812. The maximum atomic E-state index is 9.72. The molecule has 3 rings (SSSR count). The number of aliphatic carboxylic acids is 3. The molecule has 10 heteroatoms. The van der Waals surface area contributed by atoms with E-state index in [9.17, 15) is 29.7 Å².